The van der Waals surface area contributed by atoms with Crippen LogP contribution >= 0.6 is 35.6 Å². The van der Waals surface area contributed by atoms with E-state index in [1.54, 1.807) is 36.5 Å². The normalized spacial score (nSPS) is 15.3. The molecule has 1 saturated heterocycles. The van der Waals surface area contributed by atoms with E-state index in [0.717, 1.165) is 43.7 Å². The lowest BCUT2D eigenvalue weighted by Crippen LogP contribution is -2.28. The van der Waals surface area contributed by atoms with Crippen LogP contribution in [0.4, 0.5) is 5.69 Å². The number of anilines is 1. The molecule has 1 aliphatic rings. The molecule has 0 atom stereocenters. The molecule has 9 heteroatoms. The van der Waals surface area contributed by atoms with Gasteiger partial charge in [-0.15, -0.1) is 12.4 Å². The molecule has 0 unspecified atom stereocenters. The van der Waals surface area contributed by atoms with Gasteiger partial charge in [0.1, 0.15) is 0 Å². The molecule has 4 rings (SSSR count). The van der Waals surface area contributed by atoms with Crippen LogP contribution in [0.3, 0.4) is 0 Å². The Hall–Kier alpha value is -1.44. The van der Waals surface area contributed by atoms with Crippen LogP contribution in [0, 0.1) is 0 Å². The number of fused-ring (bicyclic) bond motifs is 1. The van der Waals surface area contributed by atoms with Crippen LogP contribution in [0.1, 0.15) is 6.42 Å². The van der Waals surface area contributed by atoms with Gasteiger partial charge in [-0.05, 0) is 49.4 Å². The van der Waals surface area contributed by atoms with Crippen molar-refractivity contribution in [1.29, 1.82) is 0 Å². The highest BCUT2D eigenvalue weighted by Crippen LogP contribution is 2.36. The highest BCUT2D eigenvalue weighted by atomic mass is 35.5. The predicted molar refractivity (Wildman–Crippen MR) is 118 cm³/mol. The van der Waals surface area contributed by atoms with Crippen molar-refractivity contribution in [2.24, 2.45) is 0 Å². The van der Waals surface area contributed by atoms with Crippen molar-refractivity contribution in [3.8, 4) is 0 Å². The Morgan fingerprint density at radius 3 is 2.61 bits per heavy atom. The molecule has 150 valence electrons. The zero-order chi connectivity index (χ0) is 19.0. The predicted octanol–water partition coefficient (Wildman–Crippen LogP) is 4.41. The molecule has 0 aliphatic carbocycles. The molecule has 0 radical (unpaired) electrons. The third kappa shape index (κ3) is 3.84. The van der Waals surface area contributed by atoms with Gasteiger partial charge >= 0.3 is 0 Å². The SMILES string of the molecule is Cl.O=S(=O)(c1cccc(Cl)c1)n1ccc2c(N3CCCNCC3)c(Cl)ccc21. The van der Waals surface area contributed by atoms with E-state index < -0.39 is 10.0 Å². The number of nitrogens with zero attached hydrogens (tertiary/aromatic N) is 2. The third-order valence-electron chi connectivity index (χ3n) is 4.77. The van der Waals surface area contributed by atoms with Crippen molar-refractivity contribution in [1.82, 2.24) is 9.29 Å². The van der Waals surface area contributed by atoms with Crippen LogP contribution in [0.15, 0.2) is 53.6 Å². The van der Waals surface area contributed by atoms with Gasteiger partial charge in [0.25, 0.3) is 10.0 Å². The molecule has 2 aromatic carbocycles. The first-order valence-electron chi connectivity index (χ1n) is 8.75. The second kappa shape index (κ2) is 8.51. The van der Waals surface area contributed by atoms with Crippen molar-refractivity contribution < 1.29 is 8.42 Å². The first-order valence-corrected chi connectivity index (χ1v) is 10.9. The van der Waals surface area contributed by atoms with Gasteiger partial charge in [0.05, 0.1) is 21.1 Å². The summed E-state index contributed by atoms with van der Waals surface area (Å²) in [5, 5.41) is 5.21. The Kier molecular flexibility index (Phi) is 6.47. The first kappa shape index (κ1) is 21.3. The summed E-state index contributed by atoms with van der Waals surface area (Å²) in [5.41, 5.74) is 1.49. The second-order valence-corrected chi connectivity index (χ2v) is 9.15. The van der Waals surface area contributed by atoms with E-state index in [9.17, 15) is 8.42 Å². The van der Waals surface area contributed by atoms with E-state index in [0.29, 0.717) is 15.6 Å². The summed E-state index contributed by atoms with van der Waals surface area (Å²) in [4.78, 5) is 2.38. The minimum absolute atomic E-state index is 0. The van der Waals surface area contributed by atoms with Crippen LogP contribution in [-0.4, -0.2) is 38.6 Å². The molecule has 0 bridgehead atoms. The number of rotatable bonds is 3. The molecule has 1 N–H and O–H groups in total. The molecule has 1 aromatic heterocycles. The van der Waals surface area contributed by atoms with Crippen molar-refractivity contribution in [3.05, 3.63) is 58.7 Å². The molecule has 5 nitrogen and oxygen atoms in total. The second-order valence-electron chi connectivity index (χ2n) is 6.49. The highest BCUT2D eigenvalue weighted by molar-refractivity contribution is 7.90. The van der Waals surface area contributed by atoms with Crippen molar-refractivity contribution in [2.45, 2.75) is 11.3 Å². The maximum atomic E-state index is 13.1. The fourth-order valence-electron chi connectivity index (χ4n) is 3.49. The molecular formula is C19H20Cl3N3O2S. The Bertz CT molecular complexity index is 1090. The summed E-state index contributed by atoms with van der Waals surface area (Å²) < 4.78 is 27.6. The van der Waals surface area contributed by atoms with E-state index >= 15 is 0 Å². The van der Waals surface area contributed by atoms with Gasteiger partial charge in [-0.3, -0.25) is 0 Å². The number of benzene rings is 2. The summed E-state index contributed by atoms with van der Waals surface area (Å²) in [6, 6.07) is 11.6. The van der Waals surface area contributed by atoms with Gasteiger partial charge < -0.3 is 10.2 Å². The van der Waals surface area contributed by atoms with Crippen LogP contribution in [-0.2, 0) is 10.0 Å². The summed E-state index contributed by atoms with van der Waals surface area (Å²) in [5.74, 6) is 0. The fourth-order valence-corrected chi connectivity index (χ4v) is 5.42. The Morgan fingerprint density at radius 1 is 1.00 bits per heavy atom. The molecule has 0 amide bonds. The molecule has 3 aromatic rings. The van der Waals surface area contributed by atoms with Crippen LogP contribution < -0.4 is 10.2 Å². The zero-order valence-corrected chi connectivity index (χ0v) is 18.1. The standard InChI is InChI=1S/C19H19Cl2N3O2S.ClH/c20-14-3-1-4-15(13-14)27(25,26)24-11-7-16-18(24)6-5-17(21)19(16)23-10-2-8-22-9-12-23;/h1,3-7,11,13,22H,2,8-10,12H2;1H. The number of halogens is 3. The third-order valence-corrected chi connectivity index (χ3v) is 6.99. The van der Waals surface area contributed by atoms with E-state index in [4.69, 9.17) is 23.2 Å². The number of aromatic nitrogens is 1. The van der Waals surface area contributed by atoms with Crippen LogP contribution in [0.5, 0.6) is 0 Å². The summed E-state index contributed by atoms with van der Waals surface area (Å²) in [7, 11) is -3.75. The molecule has 0 spiro atoms. The van der Waals surface area contributed by atoms with Crippen molar-refractivity contribution in [3.63, 3.8) is 0 Å². The monoisotopic (exact) mass is 459 g/mol. The minimum atomic E-state index is -3.75. The van der Waals surface area contributed by atoms with Gasteiger partial charge in [-0.1, -0.05) is 29.3 Å². The first-order chi connectivity index (χ1) is 13.0. The molecule has 28 heavy (non-hydrogen) atoms. The zero-order valence-electron chi connectivity index (χ0n) is 14.9. The van der Waals surface area contributed by atoms with Crippen molar-refractivity contribution >= 4 is 62.2 Å². The lowest BCUT2D eigenvalue weighted by Gasteiger charge is -2.24. The smallest absolute Gasteiger partial charge is 0.268 e. The quantitative estimate of drug-likeness (QED) is 0.629. The van der Waals surface area contributed by atoms with Gasteiger partial charge in [-0.2, -0.15) is 0 Å². The van der Waals surface area contributed by atoms with E-state index in [-0.39, 0.29) is 17.3 Å². The van der Waals surface area contributed by atoms with E-state index in [1.807, 2.05) is 6.07 Å². The van der Waals surface area contributed by atoms with Crippen molar-refractivity contribution in [2.75, 3.05) is 31.1 Å². The maximum Gasteiger partial charge on any atom is 0.268 e. The Labute approximate surface area is 180 Å². The van der Waals surface area contributed by atoms with Crippen LogP contribution in [0.25, 0.3) is 10.9 Å². The largest absolute Gasteiger partial charge is 0.368 e. The van der Waals surface area contributed by atoms with Gasteiger partial charge in [0, 0.05) is 36.2 Å². The lowest BCUT2D eigenvalue weighted by atomic mass is 10.2. The number of hydrogen-bond acceptors (Lipinski definition) is 4. The van der Waals surface area contributed by atoms with Crippen LogP contribution in [0.2, 0.25) is 10.0 Å². The topological polar surface area (TPSA) is 54.3 Å². The fraction of sp³-hybridized carbons (Fsp3) is 0.263. The average molecular weight is 461 g/mol. The Balaban J connectivity index is 0.00000225. The molecule has 2 heterocycles. The lowest BCUT2D eigenvalue weighted by molar-refractivity contribution is 0.589. The Morgan fingerprint density at radius 2 is 1.82 bits per heavy atom. The summed E-state index contributed by atoms with van der Waals surface area (Å²) in [6.45, 7) is 3.53. The number of nitrogens with one attached hydrogen (secondary N) is 1. The summed E-state index contributed by atoms with van der Waals surface area (Å²) in [6.07, 6.45) is 2.59. The number of hydrogen-bond donors (Lipinski definition) is 1. The molecular weight excluding hydrogens is 441 g/mol. The minimum Gasteiger partial charge on any atom is -0.368 e. The van der Waals surface area contributed by atoms with Gasteiger partial charge in [0.15, 0.2) is 0 Å². The molecule has 1 aliphatic heterocycles. The molecule has 0 saturated carbocycles. The van der Waals surface area contributed by atoms with Gasteiger partial charge in [0.2, 0.25) is 0 Å². The van der Waals surface area contributed by atoms with Gasteiger partial charge in [-0.25, -0.2) is 12.4 Å². The molecule has 1 fully saturated rings. The maximum absolute atomic E-state index is 13.1. The van der Waals surface area contributed by atoms with E-state index in [1.165, 1.54) is 10.0 Å². The highest BCUT2D eigenvalue weighted by Gasteiger charge is 2.23. The summed E-state index contributed by atoms with van der Waals surface area (Å²) >= 11 is 12.5. The van der Waals surface area contributed by atoms with E-state index in [2.05, 4.69) is 10.2 Å². The average Bonchev–Trinajstić information content (AvgIpc) is 2.90.